The number of halogens is 1. The molecule has 5 unspecified atom stereocenters. The monoisotopic (exact) mass is 675 g/mol. The molecule has 0 spiro atoms. The molecule has 0 radical (unpaired) electrons. The van der Waals surface area contributed by atoms with Crippen molar-refractivity contribution >= 4 is 61.2 Å². The molecule has 16 heteroatoms. The van der Waals surface area contributed by atoms with Crippen molar-refractivity contribution < 1.29 is 33.5 Å². The average molecular weight is 676 g/mol. The molecule has 45 heavy (non-hydrogen) atoms. The molecule has 0 rings (SSSR count). The minimum absolute atomic E-state index is 0.140. The first-order chi connectivity index (χ1) is 21.0. The molecular weight excluding hydrogens is 622 g/mol. The van der Waals surface area contributed by atoms with Crippen LogP contribution in [0.5, 0.6) is 0 Å². The summed E-state index contributed by atoms with van der Waals surface area (Å²) in [5, 5.41) is 8.40. The summed E-state index contributed by atoms with van der Waals surface area (Å²) in [6.45, 7) is 12.4. The zero-order valence-corrected chi connectivity index (χ0v) is 30.5. The summed E-state index contributed by atoms with van der Waals surface area (Å²) in [6.07, 6.45) is 3.85. The first-order valence-electron chi connectivity index (χ1n) is 15.3. The normalized spacial score (nSPS) is 14.2. The molecule has 5 amide bonds. The van der Waals surface area contributed by atoms with Crippen LogP contribution in [0, 0.1) is 5.92 Å². The van der Waals surface area contributed by atoms with Crippen molar-refractivity contribution in [3.63, 3.8) is 0 Å². The molecule has 0 aliphatic rings. The number of rotatable bonds is 19. The zero-order chi connectivity index (χ0) is 35.4. The Morgan fingerprint density at radius 3 is 1.76 bits per heavy atom. The van der Waals surface area contributed by atoms with Crippen LogP contribution in [0.15, 0.2) is 0 Å². The number of carbonyl (C=O) groups excluding carboxylic acids is 6. The fourth-order valence-electron chi connectivity index (χ4n) is 4.19. The summed E-state index contributed by atoms with van der Waals surface area (Å²) in [4.78, 5) is 80.6. The number of likely N-dealkylation sites (N-methyl/N-ethyl adjacent to an activating group) is 4. The van der Waals surface area contributed by atoms with E-state index in [1.54, 1.807) is 34.7 Å². The van der Waals surface area contributed by atoms with Gasteiger partial charge in [0.25, 0.3) is 0 Å². The molecule has 0 fully saturated rings. The van der Waals surface area contributed by atoms with Crippen molar-refractivity contribution in [3.05, 3.63) is 0 Å². The topological polar surface area (TPSA) is 165 Å². The van der Waals surface area contributed by atoms with Crippen molar-refractivity contribution in [2.75, 3.05) is 34.7 Å². The van der Waals surface area contributed by atoms with Gasteiger partial charge in [0.05, 0.1) is 18.6 Å². The van der Waals surface area contributed by atoms with Crippen LogP contribution >= 0.6 is 19.1 Å². The van der Waals surface area contributed by atoms with E-state index in [0.717, 1.165) is 19.3 Å². The molecule has 0 bridgehead atoms. The Balaban J connectivity index is 0. The SMILES string of the molecule is CCCCCC(NC(=O)C(C)N(C)C(=O)C(NC(=O)C(C)N(C)C(=O)CN(C)C(=O)C(CC)NC)C(C)C)C(C)=O.O=B[P-]Cl. The van der Waals surface area contributed by atoms with E-state index >= 15 is 0 Å². The maximum absolute atomic E-state index is 13.4. The van der Waals surface area contributed by atoms with E-state index in [9.17, 15) is 28.8 Å². The van der Waals surface area contributed by atoms with E-state index in [4.69, 9.17) is 15.9 Å². The van der Waals surface area contributed by atoms with E-state index in [1.807, 2.05) is 6.92 Å². The molecule has 0 aliphatic heterocycles. The molecule has 0 aliphatic carbocycles. The number of nitrogens with zero attached hydrogens (tertiary/aromatic N) is 3. The van der Waals surface area contributed by atoms with Gasteiger partial charge in [-0.05, 0) is 46.6 Å². The second kappa shape index (κ2) is 23.8. The van der Waals surface area contributed by atoms with Crippen LogP contribution in [-0.2, 0) is 33.5 Å². The molecule has 0 heterocycles. The van der Waals surface area contributed by atoms with Gasteiger partial charge < -0.3 is 30.7 Å². The summed E-state index contributed by atoms with van der Waals surface area (Å²) in [6, 6.07) is -3.78. The fourth-order valence-corrected chi connectivity index (χ4v) is 4.19. The predicted octanol–water partition coefficient (Wildman–Crippen LogP) is 1.98. The van der Waals surface area contributed by atoms with E-state index < -0.39 is 53.8 Å². The van der Waals surface area contributed by atoms with Crippen molar-refractivity contribution in [2.24, 2.45) is 5.92 Å². The van der Waals surface area contributed by atoms with Crippen LogP contribution in [-0.4, -0.2) is 122 Å². The molecule has 0 aromatic rings. The summed E-state index contributed by atoms with van der Waals surface area (Å²) >= 11 is 4.79. The first kappa shape index (κ1) is 44.7. The van der Waals surface area contributed by atoms with E-state index in [1.165, 1.54) is 42.8 Å². The second-order valence-electron chi connectivity index (χ2n) is 11.4. The van der Waals surface area contributed by atoms with Crippen LogP contribution in [0.2, 0.25) is 0 Å². The summed E-state index contributed by atoms with van der Waals surface area (Å²) in [7, 11) is 6.45. The second-order valence-corrected chi connectivity index (χ2v) is 12.3. The number of hydrogen-bond acceptors (Lipinski definition) is 8. The Labute approximate surface area is 276 Å². The molecule has 0 aromatic carbocycles. The van der Waals surface area contributed by atoms with Gasteiger partial charge in [0, 0.05) is 21.1 Å². The fraction of sp³-hybridized carbons (Fsp3) is 0.793. The number of nitrogens with one attached hydrogen (secondary N) is 3. The van der Waals surface area contributed by atoms with Crippen LogP contribution in [0.3, 0.4) is 0 Å². The van der Waals surface area contributed by atoms with Crippen LogP contribution < -0.4 is 16.0 Å². The number of hydrogen-bond donors (Lipinski definition) is 3. The van der Waals surface area contributed by atoms with Crippen LogP contribution in [0.4, 0.5) is 0 Å². The van der Waals surface area contributed by atoms with E-state index in [-0.39, 0.29) is 24.2 Å². The maximum atomic E-state index is 13.4. The van der Waals surface area contributed by atoms with E-state index in [0.29, 0.717) is 27.5 Å². The minimum atomic E-state index is -0.952. The number of ketones is 1. The first-order valence-corrected chi connectivity index (χ1v) is 17.1. The van der Waals surface area contributed by atoms with Gasteiger partial charge >= 0.3 is 30.6 Å². The molecule has 258 valence electrons. The average Bonchev–Trinajstić information content (AvgIpc) is 3.01. The van der Waals surface area contributed by atoms with Gasteiger partial charge in [-0.15, -0.1) is 0 Å². The molecular formula is C29H54BClN6O7P-. The van der Waals surface area contributed by atoms with Gasteiger partial charge in [0.1, 0.15) is 18.1 Å². The predicted molar refractivity (Wildman–Crippen MR) is 178 cm³/mol. The van der Waals surface area contributed by atoms with Crippen molar-refractivity contribution in [2.45, 2.75) is 111 Å². The molecule has 0 saturated carbocycles. The van der Waals surface area contributed by atoms with Crippen LogP contribution in [0.25, 0.3) is 0 Å². The van der Waals surface area contributed by atoms with Gasteiger partial charge in [0.15, 0.2) is 5.78 Å². The molecule has 3 N–H and O–H groups in total. The van der Waals surface area contributed by atoms with Gasteiger partial charge in [-0.3, -0.25) is 28.8 Å². The molecule has 5 atom stereocenters. The van der Waals surface area contributed by atoms with Gasteiger partial charge in [0.2, 0.25) is 29.5 Å². The third kappa shape index (κ3) is 16.1. The molecule has 0 saturated heterocycles. The number of amides is 5. The quantitative estimate of drug-likeness (QED) is 0.106. The Morgan fingerprint density at radius 1 is 0.822 bits per heavy atom. The summed E-state index contributed by atoms with van der Waals surface area (Å²) < 4.78 is 9.03. The Kier molecular flexibility index (Phi) is 23.7. The zero-order valence-electron chi connectivity index (χ0n) is 28.8. The molecule has 13 nitrogen and oxygen atoms in total. The summed E-state index contributed by atoms with van der Waals surface area (Å²) in [5.41, 5.74) is 0. The van der Waals surface area contributed by atoms with Crippen molar-refractivity contribution in [1.29, 1.82) is 0 Å². The number of unbranched alkanes of at least 4 members (excludes halogenated alkanes) is 2. The summed E-state index contributed by atoms with van der Waals surface area (Å²) in [5.74, 6) is -2.56. The van der Waals surface area contributed by atoms with E-state index in [2.05, 4.69) is 22.9 Å². The Hall–Kier alpha value is -2.44. The standard InChI is InChI=1S/C29H54N6O6.BClOP/c1-12-14-15-16-23(21(7)36)31-26(38)20(6)35(11)29(41)25(18(3)4)32-27(39)19(5)34(10)24(37)17-33(9)28(40)22(13-2)30-8;2-4-1-3/h18-20,22-23,25,30H,12-17H2,1-11H3,(H,31,38)(H,32,39);/q;-1. The van der Waals surface area contributed by atoms with Gasteiger partial charge in [-0.2, -0.15) is 0 Å². The number of carbonyl (C=O) groups is 6. The Bertz CT molecular complexity index is 989. The van der Waals surface area contributed by atoms with Crippen LogP contribution in [0.1, 0.15) is 80.6 Å². The third-order valence-electron chi connectivity index (χ3n) is 7.64. The van der Waals surface area contributed by atoms with Crippen molar-refractivity contribution in [1.82, 2.24) is 30.7 Å². The third-order valence-corrected chi connectivity index (χ3v) is 7.96. The Morgan fingerprint density at radius 2 is 1.33 bits per heavy atom. The number of Topliss-reactive ketones (excluding diaryl/α,β-unsaturated/α-hetero) is 1. The molecule has 0 aromatic heterocycles. The van der Waals surface area contributed by atoms with Gasteiger partial charge in [-0.25, -0.2) is 0 Å². The van der Waals surface area contributed by atoms with Gasteiger partial charge in [-0.1, -0.05) is 47.0 Å². The van der Waals surface area contributed by atoms with Crippen molar-refractivity contribution in [3.8, 4) is 0 Å².